The first-order chi connectivity index (χ1) is 10.8. The minimum atomic E-state index is -4.44. The standard InChI is InChI=1S/C15H15F3N2O2S/c1-20(14(21)12-8-23-9-19-12)13(7-22-2)10-4-3-5-11(6-10)15(16,17)18/h3-6,8-9,13H,7H2,1-2H3/t13-/m1/s1. The van der Waals surface area contributed by atoms with Gasteiger partial charge in [-0.1, -0.05) is 12.1 Å². The zero-order chi connectivity index (χ0) is 17.0. The van der Waals surface area contributed by atoms with Gasteiger partial charge in [-0.3, -0.25) is 4.79 Å². The second-order valence-electron chi connectivity index (χ2n) is 4.88. The molecule has 0 unspecified atom stereocenters. The maximum atomic E-state index is 12.9. The summed E-state index contributed by atoms with van der Waals surface area (Å²) in [5.41, 5.74) is 1.38. The summed E-state index contributed by atoms with van der Waals surface area (Å²) in [5, 5.41) is 1.59. The van der Waals surface area contributed by atoms with E-state index in [0.29, 0.717) is 5.56 Å². The molecule has 0 saturated heterocycles. The van der Waals surface area contributed by atoms with Crippen molar-refractivity contribution in [2.75, 3.05) is 20.8 Å². The highest BCUT2D eigenvalue weighted by Gasteiger charge is 2.32. The van der Waals surface area contributed by atoms with Crippen LogP contribution >= 0.6 is 11.3 Å². The van der Waals surface area contributed by atoms with Gasteiger partial charge in [-0.05, 0) is 17.7 Å². The predicted octanol–water partition coefficient (Wildman–Crippen LogP) is 3.62. The molecule has 1 heterocycles. The van der Waals surface area contributed by atoms with Gasteiger partial charge in [0.2, 0.25) is 0 Å². The molecule has 0 radical (unpaired) electrons. The summed E-state index contributed by atoms with van der Waals surface area (Å²) >= 11 is 1.27. The first-order valence-electron chi connectivity index (χ1n) is 6.66. The smallest absolute Gasteiger partial charge is 0.382 e. The van der Waals surface area contributed by atoms with E-state index >= 15 is 0 Å². The Bertz CT molecular complexity index is 659. The average molecular weight is 344 g/mol. The molecular weight excluding hydrogens is 329 g/mol. The van der Waals surface area contributed by atoms with Crippen LogP contribution < -0.4 is 0 Å². The summed E-state index contributed by atoms with van der Waals surface area (Å²) in [6, 6.07) is 4.26. The Kier molecular flexibility index (Phi) is 5.38. The number of alkyl halides is 3. The van der Waals surface area contributed by atoms with Gasteiger partial charge in [-0.15, -0.1) is 11.3 Å². The van der Waals surface area contributed by atoms with E-state index in [2.05, 4.69) is 4.98 Å². The quantitative estimate of drug-likeness (QED) is 0.832. The van der Waals surface area contributed by atoms with Crippen molar-refractivity contribution in [3.05, 3.63) is 52.0 Å². The highest BCUT2D eigenvalue weighted by Crippen LogP contribution is 2.32. The SMILES string of the molecule is COC[C@H](c1cccc(C(F)(F)F)c1)N(C)C(=O)c1cscn1. The number of amides is 1. The number of methoxy groups -OCH3 is 1. The van der Waals surface area contributed by atoms with Gasteiger partial charge in [-0.2, -0.15) is 13.2 Å². The van der Waals surface area contributed by atoms with Crippen molar-refractivity contribution >= 4 is 17.2 Å². The van der Waals surface area contributed by atoms with Crippen molar-refractivity contribution in [1.82, 2.24) is 9.88 Å². The normalized spacial score (nSPS) is 12.9. The summed E-state index contributed by atoms with van der Waals surface area (Å²) in [5.74, 6) is -0.370. The van der Waals surface area contributed by atoms with Crippen LogP contribution in [0.4, 0.5) is 13.2 Å². The fourth-order valence-corrected chi connectivity index (χ4v) is 2.68. The number of aromatic nitrogens is 1. The number of hydrogen-bond donors (Lipinski definition) is 0. The second-order valence-corrected chi connectivity index (χ2v) is 5.60. The van der Waals surface area contributed by atoms with Crippen LogP contribution in [0.3, 0.4) is 0 Å². The Morgan fingerprint density at radius 2 is 2.17 bits per heavy atom. The van der Waals surface area contributed by atoms with Crippen molar-refractivity contribution in [2.45, 2.75) is 12.2 Å². The molecule has 0 spiro atoms. The highest BCUT2D eigenvalue weighted by atomic mass is 32.1. The lowest BCUT2D eigenvalue weighted by molar-refractivity contribution is -0.137. The van der Waals surface area contributed by atoms with Crippen LogP contribution in [0, 0.1) is 0 Å². The van der Waals surface area contributed by atoms with Crippen molar-refractivity contribution in [2.24, 2.45) is 0 Å². The maximum Gasteiger partial charge on any atom is 0.416 e. The van der Waals surface area contributed by atoms with Gasteiger partial charge in [0, 0.05) is 19.5 Å². The van der Waals surface area contributed by atoms with Crippen LogP contribution in [0.15, 0.2) is 35.2 Å². The number of carbonyl (C=O) groups excluding carboxylic acids is 1. The summed E-state index contributed by atoms with van der Waals surface area (Å²) in [4.78, 5) is 17.6. The van der Waals surface area contributed by atoms with Gasteiger partial charge in [0.1, 0.15) is 5.69 Å². The lowest BCUT2D eigenvalue weighted by Gasteiger charge is -2.28. The van der Waals surface area contributed by atoms with Gasteiger partial charge < -0.3 is 9.64 Å². The first kappa shape index (κ1) is 17.4. The molecule has 1 amide bonds. The molecular formula is C15H15F3N2O2S. The molecule has 0 aliphatic carbocycles. The van der Waals surface area contributed by atoms with E-state index in [-0.39, 0.29) is 18.2 Å². The van der Waals surface area contributed by atoms with Crippen LogP contribution in [0.2, 0.25) is 0 Å². The molecule has 0 bridgehead atoms. The van der Waals surface area contributed by atoms with Crippen LogP contribution in [0.25, 0.3) is 0 Å². The first-order valence-corrected chi connectivity index (χ1v) is 7.60. The monoisotopic (exact) mass is 344 g/mol. The lowest BCUT2D eigenvalue weighted by Crippen LogP contribution is -2.34. The van der Waals surface area contributed by atoms with Crippen LogP contribution in [0.1, 0.15) is 27.7 Å². The fourth-order valence-electron chi connectivity index (χ4n) is 2.15. The number of ether oxygens (including phenoxy) is 1. The number of thiazole rings is 1. The number of hydrogen-bond acceptors (Lipinski definition) is 4. The third kappa shape index (κ3) is 4.08. The van der Waals surface area contributed by atoms with E-state index in [1.54, 1.807) is 11.4 Å². The third-order valence-electron chi connectivity index (χ3n) is 3.36. The summed E-state index contributed by atoms with van der Waals surface area (Å²) in [6.07, 6.45) is -4.44. The summed E-state index contributed by atoms with van der Waals surface area (Å²) < 4.78 is 43.7. The van der Waals surface area contributed by atoms with E-state index in [4.69, 9.17) is 4.74 Å². The Morgan fingerprint density at radius 3 is 2.74 bits per heavy atom. The van der Waals surface area contributed by atoms with Crippen LogP contribution in [-0.2, 0) is 10.9 Å². The molecule has 0 aliphatic heterocycles. The molecule has 124 valence electrons. The molecule has 8 heteroatoms. The molecule has 0 fully saturated rings. The fraction of sp³-hybridized carbons (Fsp3) is 0.333. The Labute approximate surface area is 135 Å². The minimum Gasteiger partial charge on any atom is -0.382 e. The van der Waals surface area contributed by atoms with Crippen LogP contribution in [-0.4, -0.2) is 36.6 Å². The van der Waals surface area contributed by atoms with Crippen LogP contribution in [0.5, 0.6) is 0 Å². The molecule has 2 rings (SSSR count). The molecule has 1 aromatic carbocycles. The van der Waals surface area contributed by atoms with E-state index in [1.165, 1.54) is 42.0 Å². The number of rotatable bonds is 5. The van der Waals surface area contributed by atoms with E-state index in [9.17, 15) is 18.0 Å². The number of halogens is 3. The largest absolute Gasteiger partial charge is 0.416 e. The van der Waals surface area contributed by atoms with E-state index < -0.39 is 17.8 Å². The number of carbonyl (C=O) groups is 1. The summed E-state index contributed by atoms with van der Waals surface area (Å²) in [7, 11) is 2.95. The van der Waals surface area contributed by atoms with Crippen molar-refractivity contribution in [3.8, 4) is 0 Å². The van der Waals surface area contributed by atoms with Gasteiger partial charge in [0.15, 0.2) is 0 Å². The van der Waals surface area contributed by atoms with Gasteiger partial charge in [0.05, 0.1) is 23.7 Å². The second kappa shape index (κ2) is 7.10. The maximum absolute atomic E-state index is 12.9. The highest BCUT2D eigenvalue weighted by molar-refractivity contribution is 7.07. The number of nitrogens with zero attached hydrogens (tertiary/aromatic N) is 2. The third-order valence-corrected chi connectivity index (χ3v) is 3.95. The molecule has 23 heavy (non-hydrogen) atoms. The Hall–Kier alpha value is -1.93. The number of benzene rings is 1. The van der Waals surface area contributed by atoms with Crippen molar-refractivity contribution in [1.29, 1.82) is 0 Å². The van der Waals surface area contributed by atoms with Crippen molar-refractivity contribution < 1.29 is 22.7 Å². The zero-order valence-corrected chi connectivity index (χ0v) is 13.3. The van der Waals surface area contributed by atoms with Crippen molar-refractivity contribution in [3.63, 3.8) is 0 Å². The molecule has 0 saturated carbocycles. The molecule has 2 aromatic rings. The zero-order valence-electron chi connectivity index (χ0n) is 12.5. The van der Waals surface area contributed by atoms with E-state index in [1.807, 2.05) is 0 Å². The van der Waals surface area contributed by atoms with Gasteiger partial charge in [-0.25, -0.2) is 4.98 Å². The summed E-state index contributed by atoms with van der Waals surface area (Å²) in [6.45, 7) is 0.0771. The number of likely N-dealkylation sites (N-methyl/N-ethyl adjacent to an activating group) is 1. The molecule has 4 nitrogen and oxygen atoms in total. The van der Waals surface area contributed by atoms with Gasteiger partial charge in [0.25, 0.3) is 5.91 Å². The van der Waals surface area contributed by atoms with E-state index in [0.717, 1.165) is 12.1 Å². The molecule has 0 N–H and O–H groups in total. The average Bonchev–Trinajstić information content (AvgIpc) is 3.05. The Morgan fingerprint density at radius 1 is 1.43 bits per heavy atom. The lowest BCUT2D eigenvalue weighted by atomic mass is 10.0. The minimum absolute atomic E-state index is 0.0771. The van der Waals surface area contributed by atoms with Gasteiger partial charge >= 0.3 is 6.18 Å². The molecule has 0 aliphatic rings. The Balaban J connectivity index is 2.33. The molecule has 1 atom stereocenters. The molecule has 1 aromatic heterocycles. The predicted molar refractivity (Wildman–Crippen MR) is 80.3 cm³/mol. The topological polar surface area (TPSA) is 42.4 Å².